The van der Waals surface area contributed by atoms with Crippen molar-refractivity contribution in [2.24, 2.45) is 0 Å². The fourth-order valence-electron chi connectivity index (χ4n) is 3.20. The maximum absolute atomic E-state index is 12.9. The number of hydrogen-bond donors (Lipinski definition) is 1. The van der Waals surface area contributed by atoms with Crippen LogP contribution in [-0.4, -0.2) is 60.9 Å². The van der Waals surface area contributed by atoms with Crippen LogP contribution in [0.5, 0.6) is 5.75 Å². The highest BCUT2D eigenvalue weighted by molar-refractivity contribution is 5.91. The lowest BCUT2D eigenvalue weighted by Crippen LogP contribution is -2.40. The molecule has 1 aliphatic heterocycles. The van der Waals surface area contributed by atoms with Crippen LogP contribution in [0.2, 0.25) is 0 Å². The number of amides is 2. The maximum Gasteiger partial charge on any atom is 0.289 e. The molecule has 7 nitrogen and oxygen atoms in total. The Morgan fingerprint density at radius 1 is 1.10 bits per heavy atom. The second kappa shape index (κ2) is 10.1. The molecule has 2 amide bonds. The Labute approximate surface area is 169 Å². The summed E-state index contributed by atoms with van der Waals surface area (Å²) in [4.78, 5) is 28.3. The van der Waals surface area contributed by atoms with Crippen molar-refractivity contribution in [2.45, 2.75) is 20.0 Å². The Kier molecular flexibility index (Phi) is 7.24. The molecule has 0 atom stereocenters. The average Bonchev–Trinajstić information content (AvgIpc) is 3.06. The zero-order chi connectivity index (χ0) is 20.6. The number of carbonyl (C=O) groups is 2. The third kappa shape index (κ3) is 6.05. The fourth-order valence-corrected chi connectivity index (χ4v) is 3.20. The summed E-state index contributed by atoms with van der Waals surface area (Å²) < 4.78 is 24.1. The van der Waals surface area contributed by atoms with Crippen LogP contribution in [0, 0.1) is 5.82 Å². The van der Waals surface area contributed by atoms with Crippen molar-refractivity contribution in [1.29, 1.82) is 0 Å². The van der Waals surface area contributed by atoms with E-state index in [1.165, 1.54) is 24.3 Å². The van der Waals surface area contributed by atoms with E-state index in [-0.39, 0.29) is 30.0 Å². The van der Waals surface area contributed by atoms with Crippen LogP contribution in [0.3, 0.4) is 0 Å². The highest BCUT2D eigenvalue weighted by Gasteiger charge is 2.23. The number of rotatable bonds is 7. The molecule has 1 saturated heterocycles. The topological polar surface area (TPSA) is 75.0 Å². The monoisotopic (exact) mass is 403 g/mol. The molecule has 1 fully saturated rings. The zero-order valence-corrected chi connectivity index (χ0v) is 16.5. The van der Waals surface area contributed by atoms with E-state index in [4.69, 9.17) is 9.15 Å². The predicted octanol–water partition coefficient (Wildman–Crippen LogP) is 2.28. The lowest BCUT2D eigenvalue weighted by molar-refractivity contribution is -0.122. The number of nitrogens with zero attached hydrogens (tertiary/aromatic N) is 2. The zero-order valence-electron chi connectivity index (χ0n) is 16.5. The lowest BCUT2D eigenvalue weighted by atomic mass is 10.3. The fraction of sp³-hybridized carbons (Fsp3) is 0.429. The minimum atomic E-state index is -0.328. The lowest BCUT2D eigenvalue weighted by Gasteiger charge is -2.20. The molecular formula is C21H26FN3O4. The van der Waals surface area contributed by atoms with E-state index in [2.05, 4.69) is 10.2 Å². The van der Waals surface area contributed by atoms with E-state index in [1.54, 1.807) is 17.0 Å². The molecule has 8 heteroatoms. The largest absolute Gasteiger partial charge is 0.486 e. The Morgan fingerprint density at radius 2 is 1.90 bits per heavy atom. The Hall–Kier alpha value is -2.87. The number of carbonyl (C=O) groups excluding carboxylic acids is 2. The summed E-state index contributed by atoms with van der Waals surface area (Å²) in [6.45, 7) is 5.58. The quantitative estimate of drug-likeness (QED) is 0.768. The van der Waals surface area contributed by atoms with Gasteiger partial charge in [0.25, 0.3) is 5.91 Å². The molecule has 0 unspecified atom stereocenters. The van der Waals surface area contributed by atoms with Gasteiger partial charge >= 0.3 is 0 Å². The van der Waals surface area contributed by atoms with Gasteiger partial charge in [0, 0.05) is 32.7 Å². The van der Waals surface area contributed by atoms with E-state index in [0.717, 1.165) is 13.0 Å². The first-order chi connectivity index (χ1) is 14.0. The highest BCUT2D eigenvalue weighted by Crippen LogP contribution is 2.17. The first-order valence-corrected chi connectivity index (χ1v) is 9.80. The van der Waals surface area contributed by atoms with Gasteiger partial charge in [0.15, 0.2) is 5.76 Å². The van der Waals surface area contributed by atoms with Gasteiger partial charge < -0.3 is 19.4 Å². The minimum absolute atomic E-state index is 0.00380. The van der Waals surface area contributed by atoms with Gasteiger partial charge in [0.2, 0.25) is 5.91 Å². The smallest absolute Gasteiger partial charge is 0.289 e. The molecule has 156 valence electrons. The second-order valence-corrected chi connectivity index (χ2v) is 6.88. The van der Waals surface area contributed by atoms with Gasteiger partial charge in [0.1, 0.15) is 23.9 Å². The molecule has 0 spiro atoms. The van der Waals surface area contributed by atoms with Crippen LogP contribution < -0.4 is 10.1 Å². The van der Waals surface area contributed by atoms with E-state index < -0.39 is 0 Å². The van der Waals surface area contributed by atoms with Crippen molar-refractivity contribution in [3.8, 4) is 5.75 Å². The summed E-state index contributed by atoms with van der Waals surface area (Å²) in [6, 6.07) is 9.06. The van der Waals surface area contributed by atoms with Crippen LogP contribution in [0.1, 0.15) is 29.7 Å². The van der Waals surface area contributed by atoms with Crippen LogP contribution in [-0.2, 0) is 11.4 Å². The number of nitrogens with one attached hydrogen (secondary N) is 1. The molecule has 1 aliphatic rings. The first-order valence-electron chi connectivity index (χ1n) is 9.80. The molecule has 1 aromatic heterocycles. The van der Waals surface area contributed by atoms with Crippen molar-refractivity contribution < 1.29 is 23.1 Å². The average molecular weight is 403 g/mol. The maximum atomic E-state index is 12.9. The summed E-state index contributed by atoms with van der Waals surface area (Å²) in [5, 5.41) is 2.80. The van der Waals surface area contributed by atoms with E-state index in [1.807, 2.05) is 6.92 Å². The third-order valence-corrected chi connectivity index (χ3v) is 4.68. The molecule has 0 radical (unpaired) electrons. The van der Waals surface area contributed by atoms with Gasteiger partial charge in [0.05, 0.1) is 6.54 Å². The Morgan fingerprint density at radius 3 is 2.66 bits per heavy atom. The van der Waals surface area contributed by atoms with E-state index in [0.29, 0.717) is 44.2 Å². The molecule has 2 aromatic rings. The van der Waals surface area contributed by atoms with Gasteiger partial charge in [-0.05, 0) is 49.7 Å². The van der Waals surface area contributed by atoms with Crippen molar-refractivity contribution in [2.75, 3.05) is 39.3 Å². The molecule has 3 rings (SSSR count). The number of hydrogen-bond acceptors (Lipinski definition) is 5. The van der Waals surface area contributed by atoms with Crippen LogP contribution in [0.15, 0.2) is 40.8 Å². The molecule has 0 aliphatic carbocycles. The van der Waals surface area contributed by atoms with Crippen molar-refractivity contribution in [1.82, 2.24) is 15.1 Å². The molecule has 1 aromatic carbocycles. The number of furan rings is 1. The summed E-state index contributed by atoms with van der Waals surface area (Å²) in [5.41, 5.74) is 0. The summed E-state index contributed by atoms with van der Waals surface area (Å²) >= 11 is 0. The molecular weight excluding hydrogens is 377 g/mol. The Bertz CT molecular complexity index is 822. The minimum Gasteiger partial charge on any atom is -0.486 e. The van der Waals surface area contributed by atoms with Crippen LogP contribution >= 0.6 is 0 Å². The number of benzene rings is 1. The number of halogens is 1. The standard InChI is InChI=1S/C21H26FN3O4/c1-2-23-20(26)14-24-10-3-11-25(13-12-24)21(27)19-9-8-18(29-19)15-28-17-6-4-16(22)5-7-17/h4-9H,2-3,10-15H2,1H3,(H,23,26). The summed E-state index contributed by atoms with van der Waals surface area (Å²) in [6.07, 6.45) is 0.798. The van der Waals surface area contributed by atoms with Crippen molar-refractivity contribution in [3.63, 3.8) is 0 Å². The number of likely N-dealkylation sites (N-methyl/N-ethyl adjacent to an activating group) is 1. The predicted molar refractivity (Wildman–Crippen MR) is 105 cm³/mol. The van der Waals surface area contributed by atoms with Crippen molar-refractivity contribution >= 4 is 11.8 Å². The molecule has 0 saturated carbocycles. The molecule has 1 N–H and O–H groups in total. The highest BCUT2D eigenvalue weighted by atomic mass is 19.1. The summed E-state index contributed by atoms with van der Waals surface area (Å²) in [7, 11) is 0. The molecule has 2 heterocycles. The SMILES string of the molecule is CCNC(=O)CN1CCCN(C(=O)c2ccc(COc3ccc(F)cc3)o2)CC1. The van der Waals surface area contributed by atoms with Crippen molar-refractivity contribution in [3.05, 3.63) is 53.7 Å². The van der Waals surface area contributed by atoms with Crippen LogP contribution in [0.25, 0.3) is 0 Å². The Balaban J connectivity index is 1.51. The summed E-state index contributed by atoms with van der Waals surface area (Å²) in [5.74, 6) is 0.813. The number of ether oxygens (including phenoxy) is 1. The van der Waals surface area contributed by atoms with Gasteiger partial charge in [-0.3, -0.25) is 14.5 Å². The van der Waals surface area contributed by atoms with Gasteiger partial charge in [-0.2, -0.15) is 0 Å². The van der Waals surface area contributed by atoms with Gasteiger partial charge in [-0.15, -0.1) is 0 Å². The molecule has 0 bridgehead atoms. The van der Waals surface area contributed by atoms with Gasteiger partial charge in [-0.1, -0.05) is 0 Å². The normalized spacial score (nSPS) is 15.0. The third-order valence-electron chi connectivity index (χ3n) is 4.68. The van der Waals surface area contributed by atoms with E-state index in [9.17, 15) is 14.0 Å². The van der Waals surface area contributed by atoms with Gasteiger partial charge in [-0.25, -0.2) is 4.39 Å². The first kappa shape index (κ1) is 20.9. The second-order valence-electron chi connectivity index (χ2n) is 6.88. The van der Waals surface area contributed by atoms with Crippen LogP contribution in [0.4, 0.5) is 4.39 Å². The molecule has 29 heavy (non-hydrogen) atoms. The van der Waals surface area contributed by atoms with E-state index >= 15 is 0 Å².